The molecule has 0 saturated heterocycles. The Labute approximate surface area is 193 Å². The van der Waals surface area contributed by atoms with Gasteiger partial charge in [0.2, 0.25) is 11.8 Å². The first-order chi connectivity index (χ1) is 15.5. The van der Waals surface area contributed by atoms with E-state index in [-0.39, 0.29) is 17.6 Å². The molecule has 164 valence electrons. The van der Waals surface area contributed by atoms with Gasteiger partial charge in [-0.2, -0.15) is 0 Å². The third kappa shape index (κ3) is 5.74. The molecule has 2 amide bonds. The number of nitrogens with one attached hydrogen (secondary N) is 2. The molecule has 0 spiro atoms. The third-order valence-corrected chi connectivity index (χ3v) is 6.82. The topological polar surface area (TPSA) is 97.1 Å². The van der Waals surface area contributed by atoms with Crippen LogP contribution in [-0.2, 0) is 16.0 Å². The van der Waals surface area contributed by atoms with Crippen LogP contribution < -0.4 is 10.6 Å². The molecule has 0 radical (unpaired) electrons. The van der Waals surface area contributed by atoms with E-state index in [2.05, 4.69) is 26.8 Å². The van der Waals surface area contributed by atoms with Gasteiger partial charge in [-0.3, -0.25) is 9.59 Å². The number of hydrogen-bond donors (Lipinski definition) is 2. The van der Waals surface area contributed by atoms with Gasteiger partial charge in [0.15, 0.2) is 5.82 Å². The highest BCUT2D eigenvalue weighted by Gasteiger charge is 2.17. The number of thioether (sulfide) groups is 1. The average Bonchev–Trinajstić information content (AvgIpc) is 3.38. The fourth-order valence-corrected chi connectivity index (χ4v) is 4.69. The normalized spacial score (nSPS) is 11.9. The zero-order valence-electron chi connectivity index (χ0n) is 17.6. The van der Waals surface area contributed by atoms with Gasteiger partial charge >= 0.3 is 0 Å². The second kappa shape index (κ2) is 9.97. The van der Waals surface area contributed by atoms with Crippen LogP contribution in [0, 0.1) is 6.92 Å². The van der Waals surface area contributed by atoms with Crippen LogP contribution in [0.2, 0.25) is 0 Å². The molecular formula is C23H22N4O3S2. The van der Waals surface area contributed by atoms with E-state index in [1.807, 2.05) is 42.5 Å². The third-order valence-electron chi connectivity index (χ3n) is 4.64. The Hall–Kier alpha value is -3.17. The largest absolute Gasteiger partial charge is 0.360 e. The van der Waals surface area contributed by atoms with Crippen LogP contribution >= 0.6 is 23.1 Å². The summed E-state index contributed by atoms with van der Waals surface area (Å²) in [5.74, 6) is 0.766. The molecule has 2 heterocycles. The summed E-state index contributed by atoms with van der Waals surface area (Å²) < 4.78 is 6.11. The number of nitrogens with zero attached hydrogens (tertiary/aromatic N) is 2. The number of aromatic nitrogens is 2. The van der Waals surface area contributed by atoms with Gasteiger partial charge in [0.05, 0.1) is 26.2 Å². The molecule has 0 saturated carbocycles. The number of fused-ring (bicyclic) bond motifs is 1. The number of carbonyl (C=O) groups is 2. The average molecular weight is 467 g/mol. The minimum Gasteiger partial charge on any atom is -0.360 e. The Kier molecular flexibility index (Phi) is 6.87. The lowest BCUT2D eigenvalue weighted by atomic mass is 10.1. The van der Waals surface area contributed by atoms with Crippen LogP contribution in [0.4, 0.5) is 11.5 Å². The Morgan fingerprint density at radius 1 is 1.12 bits per heavy atom. The van der Waals surface area contributed by atoms with Gasteiger partial charge in [0.1, 0.15) is 5.76 Å². The summed E-state index contributed by atoms with van der Waals surface area (Å²) in [6.45, 7) is 3.50. The number of thiazole rings is 1. The number of anilines is 2. The maximum absolute atomic E-state index is 12.3. The van der Waals surface area contributed by atoms with Gasteiger partial charge in [-0.05, 0) is 43.7 Å². The number of carbonyl (C=O) groups excluding carboxylic acids is 2. The molecule has 0 fully saturated rings. The van der Waals surface area contributed by atoms with Gasteiger partial charge in [0.25, 0.3) is 0 Å². The van der Waals surface area contributed by atoms with E-state index >= 15 is 0 Å². The van der Waals surface area contributed by atoms with Gasteiger partial charge in [-0.25, -0.2) is 4.98 Å². The molecule has 2 aromatic carbocycles. The molecule has 9 heteroatoms. The summed E-state index contributed by atoms with van der Waals surface area (Å²) in [5, 5.41) is 9.93. The maximum atomic E-state index is 12.3. The zero-order valence-corrected chi connectivity index (χ0v) is 19.3. The summed E-state index contributed by atoms with van der Waals surface area (Å²) in [5.41, 5.74) is 2.87. The summed E-state index contributed by atoms with van der Waals surface area (Å²) in [6, 6.07) is 17.5. The van der Waals surface area contributed by atoms with Crippen LogP contribution in [-0.4, -0.2) is 33.0 Å². The van der Waals surface area contributed by atoms with Crippen molar-refractivity contribution >= 4 is 56.6 Å². The van der Waals surface area contributed by atoms with E-state index in [1.165, 1.54) is 16.5 Å². The summed E-state index contributed by atoms with van der Waals surface area (Å²) in [6.07, 6.45) is 0.751. The number of para-hydroxylation sites is 1. The molecule has 0 aliphatic heterocycles. The zero-order chi connectivity index (χ0) is 22.5. The number of amides is 2. The predicted octanol–water partition coefficient (Wildman–Crippen LogP) is 4.88. The molecule has 1 atom stereocenters. The van der Waals surface area contributed by atoms with Crippen LogP contribution in [0.5, 0.6) is 0 Å². The van der Waals surface area contributed by atoms with Crippen LogP contribution in [0.25, 0.3) is 10.2 Å². The summed E-state index contributed by atoms with van der Waals surface area (Å²) >= 11 is 2.95. The first-order valence-electron chi connectivity index (χ1n) is 10.1. The van der Waals surface area contributed by atoms with Crippen molar-refractivity contribution in [2.45, 2.75) is 25.5 Å². The molecule has 0 aliphatic rings. The van der Waals surface area contributed by atoms with Gasteiger partial charge in [-0.15, -0.1) is 23.1 Å². The van der Waals surface area contributed by atoms with Crippen LogP contribution in [0.15, 0.2) is 59.1 Å². The Balaban J connectivity index is 1.24. The van der Waals surface area contributed by atoms with Crippen molar-refractivity contribution in [3.63, 3.8) is 0 Å². The van der Waals surface area contributed by atoms with Crippen molar-refractivity contribution in [1.82, 2.24) is 10.1 Å². The second-order valence-corrected chi connectivity index (χ2v) is 9.71. The minimum atomic E-state index is -0.408. The van der Waals surface area contributed by atoms with Crippen LogP contribution in [0.1, 0.15) is 23.3 Å². The number of benzene rings is 2. The Bertz CT molecular complexity index is 1200. The summed E-state index contributed by atoms with van der Waals surface area (Å²) in [7, 11) is 0. The van der Waals surface area contributed by atoms with Crippen molar-refractivity contribution in [2.75, 3.05) is 16.4 Å². The molecule has 7 nitrogen and oxygen atoms in total. The Morgan fingerprint density at radius 3 is 2.62 bits per heavy atom. The van der Waals surface area contributed by atoms with Crippen molar-refractivity contribution in [3.05, 3.63) is 70.9 Å². The highest BCUT2D eigenvalue weighted by molar-refractivity contribution is 8.01. The van der Waals surface area contributed by atoms with E-state index in [9.17, 15) is 9.59 Å². The molecule has 4 rings (SSSR count). The van der Waals surface area contributed by atoms with Crippen molar-refractivity contribution in [1.29, 1.82) is 0 Å². The fourth-order valence-electron chi connectivity index (χ4n) is 3.00. The SMILES string of the molecule is Cc1cc(NC(=O)C(C)SCC(=O)Nc2ccc(Cc3nc4ccccc4s3)cc2)no1. The molecule has 4 aromatic rings. The molecule has 2 aromatic heterocycles. The first kappa shape index (κ1) is 22.0. The fraction of sp³-hybridized carbons (Fsp3) is 0.217. The van der Waals surface area contributed by atoms with Crippen molar-refractivity contribution in [2.24, 2.45) is 0 Å². The van der Waals surface area contributed by atoms with Gasteiger partial charge < -0.3 is 15.2 Å². The lowest BCUT2D eigenvalue weighted by molar-refractivity contribution is -0.115. The maximum Gasteiger partial charge on any atom is 0.238 e. The summed E-state index contributed by atoms with van der Waals surface area (Å²) in [4.78, 5) is 29.1. The van der Waals surface area contributed by atoms with Gasteiger partial charge in [-0.1, -0.05) is 29.4 Å². The Morgan fingerprint density at radius 2 is 1.91 bits per heavy atom. The smallest absolute Gasteiger partial charge is 0.238 e. The van der Waals surface area contributed by atoms with Crippen LogP contribution in [0.3, 0.4) is 0 Å². The standard InChI is InChI=1S/C23H22N4O3S2/c1-14-11-20(27-30-14)26-23(29)15(2)31-13-21(28)24-17-9-7-16(8-10-17)12-22-25-18-5-3-4-6-19(18)32-22/h3-11,15H,12-13H2,1-2H3,(H,24,28)(H,26,27,29). The van der Waals surface area contributed by atoms with E-state index in [0.717, 1.165) is 28.2 Å². The van der Waals surface area contributed by atoms with Gasteiger partial charge in [0, 0.05) is 18.2 Å². The minimum absolute atomic E-state index is 0.161. The molecule has 0 bridgehead atoms. The number of aryl methyl sites for hydroxylation is 1. The molecule has 32 heavy (non-hydrogen) atoms. The molecular weight excluding hydrogens is 444 g/mol. The van der Waals surface area contributed by atoms with Crippen molar-refractivity contribution < 1.29 is 14.1 Å². The van der Waals surface area contributed by atoms with E-state index in [4.69, 9.17) is 4.52 Å². The molecule has 2 N–H and O–H groups in total. The van der Waals surface area contributed by atoms with E-state index < -0.39 is 5.25 Å². The first-order valence-corrected chi connectivity index (χ1v) is 11.9. The predicted molar refractivity (Wildman–Crippen MR) is 129 cm³/mol. The molecule has 0 aliphatic carbocycles. The number of rotatable bonds is 8. The lowest BCUT2D eigenvalue weighted by Crippen LogP contribution is -2.25. The number of hydrogen-bond acceptors (Lipinski definition) is 7. The monoisotopic (exact) mass is 466 g/mol. The molecule has 1 unspecified atom stereocenters. The van der Waals surface area contributed by atoms with E-state index in [1.54, 1.807) is 31.3 Å². The second-order valence-electron chi connectivity index (χ2n) is 7.26. The quantitative estimate of drug-likeness (QED) is 0.384. The lowest BCUT2D eigenvalue weighted by Gasteiger charge is -2.11. The van der Waals surface area contributed by atoms with E-state index in [0.29, 0.717) is 11.6 Å². The highest BCUT2D eigenvalue weighted by atomic mass is 32.2. The highest BCUT2D eigenvalue weighted by Crippen LogP contribution is 2.24. The van der Waals surface area contributed by atoms with Crippen molar-refractivity contribution in [3.8, 4) is 0 Å².